The number of aldehydes is 1. The second kappa shape index (κ2) is 4.21. The zero-order valence-corrected chi connectivity index (χ0v) is 7.55. The maximum Gasteiger partial charge on any atom is 0.307 e. The number of carboxylic acids is 2. The van der Waals surface area contributed by atoms with Gasteiger partial charge in [-0.3, -0.25) is 9.59 Å². The topological polar surface area (TPSA) is 91.7 Å². The normalized spacial score (nSPS) is 32.1. The van der Waals surface area contributed by atoms with E-state index >= 15 is 0 Å². The monoisotopic (exact) mass is 200 g/mol. The van der Waals surface area contributed by atoms with Crippen molar-refractivity contribution in [3.63, 3.8) is 0 Å². The highest BCUT2D eigenvalue weighted by Gasteiger charge is 2.39. The van der Waals surface area contributed by atoms with Crippen LogP contribution in [-0.2, 0) is 14.4 Å². The maximum atomic E-state index is 10.8. The van der Waals surface area contributed by atoms with E-state index in [1.165, 1.54) is 0 Å². The lowest BCUT2D eigenvalue weighted by atomic mass is 9.74. The standard InChI is InChI=1S/C9H12O5/c10-4-5-1-2-6(8(11)12)7(3-5)9(13)14/h4-7H,1-3H2,(H,11,12)(H,13,14). The smallest absolute Gasteiger partial charge is 0.307 e. The van der Waals surface area contributed by atoms with Crippen LogP contribution in [0.15, 0.2) is 0 Å². The molecule has 0 spiro atoms. The Labute approximate surface area is 80.7 Å². The molecule has 0 aliphatic heterocycles. The Morgan fingerprint density at radius 2 is 1.64 bits per heavy atom. The fourth-order valence-electron chi connectivity index (χ4n) is 1.90. The third-order valence-corrected chi connectivity index (χ3v) is 2.72. The van der Waals surface area contributed by atoms with E-state index in [0.29, 0.717) is 12.7 Å². The predicted octanol–water partition coefficient (Wildman–Crippen LogP) is 0.387. The van der Waals surface area contributed by atoms with Gasteiger partial charge in [-0.1, -0.05) is 0 Å². The van der Waals surface area contributed by atoms with E-state index in [1.807, 2.05) is 0 Å². The van der Waals surface area contributed by atoms with E-state index in [4.69, 9.17) is 10.2 Å². The molecule has 0 aromatic carbocycles. The van der Waals surface area contributed by atoms with Gasteiger partial charge in [-0.05, 0) is 19.3 Å². The van der Waals surface area contributed by atoms with E-state index in [2.05, 4.69) is 0 Å². The minimum absolute atomic E-state index is 0.149. The molecule has 0 amide bonds. The number of carbonyl (C=O) groups excluding carboxylic acids is 1. The van der Waals surface area contributed by atoms with Gasteiger partial charge in [-0.15, -0.1) is 0 Å². The highest BCUT2D eigenvalue weighted by Crippen LogP contribution is 2.33. The summed E-state index contributed by atoms with van der Waals surface area (Å²) < 4.78 is 0. The van der Waals surface area contributed by atoms with Gasteiger partial charge >= 0.3 is 11.9 Å². The molecule has 1 rings (SSSR count). The molecule has 1 aliphatic rings. The summed E-state index contributed by atoms with van der Waals surface area (Å²) in [6.45, 7) is 0. The van der Waals surface area contributed by atoms with Gasteiger partial charge in [-0.25, -0.2) is 0 Å². The summed E-state index contributed by atoms with van der Waals surface area (Å²) in [7, 11) is 0. The lowest BCUT2D eigenvalue weighted by Gasteiger charge is -2.28. The van der Waals surface area contributed by atoms with E-state index in [9.17, 15) is 14.4 Å². The largest absolute Gasteiger partial charge is 0.481 e. The molecule has 0 heterocycles. The van der Waals surface area contributed by atoms with Crippen LogP contribution >= 0.6 is 0 Å². The quantitative estimate of drug-likeness (QED) is 0.643. The first-order chi connectivity index (χ1) is 6.56. The Balaban J connectivity index is 2.75. The van der Waals surface area contributed by atoms with Crippen LogP contribution in [0.2, 0.25) is 0 Å². The SMILES string of the molecule is O=CC1CCC(C(=O)O)C(C(=O)O)C1. The van der Waals surface area contributed by atoms with E-state index in [1.54, 1.807) is 0 Å². The molecule has 3 atom stereocenters. The van der Waals surface area contributed by atoms with Crippen molar-refractivity contribution in [2.75, 3.05) is 0 Å². The van der Waals surface area contributed by atoms with Crippen LogP contribution in [0, 0.1) is 17.8 Å². The summed E-state index contributed by atoms with van der Waals surface area (Å²) >= 11 is 0. The van der Waals surface area contributed by atoms with Crippen LogP contribution in [0.25, 0.3) is 0 Å². The molecule has 0 saturated heterocycles. The molecule has 1 saturated carbocycles. The number of carbonyl (C=O) groups is 3. The Kier molecular flexibility index (Phi) is 3.22. The van der Waals surface area contributed by atoms with Crippen LogP contribution in [-0.4, -0.2) is 28.4 Å². The Morgan fingerprint density at radius 1 is 1.07 bits per heavy atom. The van der Waals surface area contributed by atoms with E-state index in [-0.39, 0.29) is 18.8 Å². The van der Waals surface area contributed by atoms with Crippen LogP contribution in [0.5, 0.6) is 0 Å². The fourth-order valence-corrected chi connectivity index (χ4v) is 1.90. The van der Waals surface area contributed by atoms with Crippen LogP contribution in [0.3, 0.4) is 0 Å². The lowest BCUT2D eigenvalue weighted by Crippen LogP contribution is -2.35. The zero-order chi connectivity index (χ0) is 10.7. The van der Waals surface area contributed by atoms with E-state index in [0.717, 1.165) is 0 Å². The van der Waals surface area contributed by atoms with Crippen molar-refractivity contribution in [3.8, 4) is 0 Å². The predicted molar refractivity (Wildman–Crippen MR) is 45.7 cm³/mol. The first kappa shape index (κ1) is 10.7. The Morgan fingerprint density at radius 3 is 2.07 bits per heavy atom. The molecular weight excluding hydrogens is 188 g/mol. The van der Waals surface area contributed by atoms with Crippen LogP contribution in [0.1, 0.15) is 19.3 Å². The summed E-state index contributed by atoms with van der Waals surface area (Å²) in [5.41, 5.74) is 0. The first-order valence-electron chi connectivity index (χ1n) is 4.47. The van der Waals surface area contributed by atoms with Gasteiger partial charge in [-0.2, -0.15) is 0 Å². The molecule has 0 aromatic heterocycles. The molecule has 2 N–H and O–H groups in total. The molecule has 5 nitrogen and oxygen atoms in total. The molecule has 0 bridgehead atoms. The second-order valence-corrected chi connectivity index (χ2v) is 3.60. The number of carboxylic acid groups (broad SMARTS) is 2. The summed E-state index contributed by atoms with van der Waals surface area (Å²) in [6, 6.07) is 0. The van der Waals surface area contributed by atoms with Crippen molar-refractivity contribution >= 4 is 18.2 Å². The number of hydrogen-bond donors (Lipinski definition) is 2. The third kappa shape index (κ3) is 2.10. The highest BCUT2D eigenvalue weighted by molar-refractivity contribution is 5.80. The van der Waals surface area contributed by atoms with Gasteiger partial charge in [0.2, 0.25) is 0 Å². The van der Waals surface area contributed by atoms with E-state index < -0.39 is 23.8 Å². The maximum absolute atomic E-state index is 10.8. The van der Waals surface area contributed by atoms with Crippen molar-refractivity contribution in [2.24, 2.45) is 17.8 Å². The molecule has 3 unspecified atom stereocenters. The third-order valence-electron chi connectivity index (χ3n) is 2.72. The number of rotatable bonds is 3. The van der Waals surface area contributed by atoms with Gasteiger partial charge < -0.3 is 15.0 Å². The molecule has 0 radical (unpaired) electrons. The molecule has 0 aromatic rings. The van der Waals surface area contributed by atoms with Crippen LogP contribution in [0.4, 0.5) is 0 Å². The molecule has 78 valence electrons. The second-order valence-electron chi connectivity index (χ2n) is 3.60. The minimum atomic E-state index is -1.12. The van der Waals surface area contributed by atoms with Crippen LogP contribution < -0.4 is 0 Å². The molecule has 5 heteroatoms. The molecule has 1 aliphatic carbocycles. The van der Waals surface area contributed by atoms with Crippen molar-refractivity contribution in [1.29, 1.82) is 0 Å². The number of aliphatic carboxylic acids is 2. The number of hydrogen-bond acceptors (Lipinski definition) is 3. The van der Waals surface area contributed by atoms with Crippen molar-refractivity contribution in [3.05, 3.63) is 0 Å². The van der Waals surface area contributed by atoms with Gasteiger partial charge in [0.05, 0.1) is 11.8 Å². The highest BCUT2D eigenvalue weighted by atomic mass is 16.4. The molecule has 1 fully saturated rings. The summed E-state index contributed by atoms with van der Waals surface area (Å²) in [5, 5.41) is 17.6. The average Bonchev–Trinajstić information content (AvgIpc) is 2.16. The van der Waals surface area contributed by atoms with Gasteiger partial charge in [0.15, 0.2) is 0 Å². The Bertz CT molecular complexity index is 260. The Hall–Kier alpha value is -1.39. The van der Waals surface area contributed by atoms with Crippen molar-refractivity contribution in [1.82, 2.24) is 0 Å². The van der Waals surface area contributed by atoms with Gasteiger partial charge in [0.1, 0.15) is 6.29 Å². The first-order valence-corrected chi connectivity index (χ1v) is 4.47. The minimum Gasteiger partial charge on any atom is -0.481 e. The average molecular weight is 200 g/mol. The summed E-state index contributed by atoms with van der Waals surface area (Å²) in [4.78, 5) is 31.9. The molecular formula is C9H12O5. The summed E-state index contributed by atoms with van der Waals surface area (Å²) in [6.07, 6.45) is 1.61. The zero-order valence-electron chi connectivity index (χ0n) is 7.55. The fraction of sp³-hybridized carbons (Fsp3) is 0.667. The van der Waals surface area contributed by atoms with Crippen molar-refractivity contribution < 1.29 is 24.6 Å². The van der Waals surface area contributed by atoms with Crippen molar-refractivity contribution in [2.45, 2.75) is 19.3 Å². The van der Waals surface area contributed by atoms with Gasteiger partial charge in [0, 0.05) is 5.92 Å². The molecule has 14 heavy (non-hydrogen) atoms. The summed E-state index contributed by atoms with van der Waals surface area (Å²) in [5.74, 6) is -4.27. The lowest BCUT2D eigenvalue weighted by molar-refractivity contribution is -0.156. The van der Waals surface area contributed by atoms with Gasteiger partial charge in [0.25, 0.3) is 0 Å².